The lowest BCUT2D eigenvalue weighted by Crippen LogP contribution is -2.37. The Labute approximate surface area is 152 Å². The van der Waals surface area contributed by atoms with E-state index < -0.39 is 0 Å². The molecule has 0 radical (unpaired) electrons. The van der Waals surface area contributed by atoms with Crippen LogP contribution in [0.2, 0.25) is 0 Å². The maximum absolute atomic E-state index is 13.2. The van der Waals surface area contributed by atoms with Gasteiger partial charge in [-0.05, 0) is 49.4 Å². The molecule has 1 N–H and O–H groups in total. The van der Waals surface area contributed by atoms with Crippen LogP contribution >= 0.6 is 11.3 Å². The van der Waals surface area contributed by atoms with E-state index in [2.05, 4.69) is 42.2 Å². The number of aryl methyl sites for hydroxylation is 1. The largest absolute Gasteiger partial charge is 0.345 e. The van der Waals surface area contributed by atoms with Crippen LogP contribution in [-0.2, 0) is 6.54 Å². The number of amides is 1. The van der Waals surface area contributed by atoms with Gasteiger partial charge in [-0.25, -0.2) is 4.98 Å². The lowest BCUT2D eigenvalue weighted by atomic mass is 10.1. The number of nitrogens with zero attached hydrogens (tertiary/aromatic N) is 2. The van der Waals surface area contributed by atoms with E-state index in [1.807, 2.05) is 29.2 Å². The Balaban J connectivity index is 1.89. The number of rotatable bonds is 6. The smallest absolute Gasteiger partial charge is 0.254 e. The number of H-pyrrole nitrogens is 1. The second-order valence-electron chi connectivity index (χ2n) is 6.24. The molecule has 0 saturated heterocycles. The van der Waals surface area contributed by atoms with Crippen molar-refractivity contribution in [2.45, 2.75) is 39.8 Å². The summed E-state index contributed by atoms with van der Waals surface area (Å²) in [5, 5.41) is 2.08. The minimum absolute atomic E-state index is 0.0653. The predicted octanol–water partition coefficient (Wildman–Crippen LogP) is 4.89. The molecule has 1 aromatic carbocycles. The summed E-state index contributed by atoms with van der Waals surface area (Å²) in [6.45, 7) is 6.98. The van der Waals surface area contributed by atoms with Gasteiger partial charge in [-0.2, -0.15) is 0 Å². The zero-order chi connectivity index (χ0) is 17.8. The molecule has 0 saturated carbocycles. The lowest BCUT2D eigenvalue weighted by molar-refractivity contribution is 0.0673. The Kier molecular flexibility index (Phi) is 5.34. The molecule has 0 aliphatic rings. The van der Waals surface area contributed by atoms with Crippen molar-refractivity contribution in [3.05, 3.63) is 64.1 Å². The third-order valence-corrected chi connectivity index (χ3v) is 5.55. The maximum atomic E-state index is 13.2. The molecule has 25 heavy (non-hydrogen) atoms. The molecule has 1 unspecified atom stereocenters. The molecule has 0 fully saturated rings. The highest BCUT2D eigenvalue weighted by atomic mass is 32.1. The van der Waals surface area contributed by atoms with E-state index in [1.54, 1.807) is 23.7 Å². The van der Waals surface area contributed by atoms with Crippen molar-refractivity contribution >= 4 is 17.2 Å². The molecule has 2 aromatic heterocycles. The quantitative estimate of drug-likeness (QED) is 0.686. The lowest BCUT2D eigenvalue weighted by Gasteiger charge is -2.29. The first kappa shape index (κ1) is 17.4. The molecule has 130 valence electrons. The van der Waals surface area contributed by atoms with Crippen LogP contribution in [0.15, 0.2) is 48.1 Å². The molecule has 0 spiro atoms. The molecular weight excluding hydrogens is 330 g/mol. The van der Waals surface area contributed by atoms with Crippen molar-refractivity contribution in [2.24, 2.45) is 0 Å². The zero-order valence-electron chi connectivity index (χ0n) is 14.8. The van der Waals surface area contributed by atoms with Crippen LogP contribution in [0.4, 0.5) is 0 Å². The van der Waals surface area contributed by atoms with Crippen molar-refractivity contribution in [1.82, 2.24) is 14.9 Å². The summed E-state index contributed by atoms with van der Waals surface area (Å²) in [6.07, 6.45) is 4.43. The summed E-state index contributed by atoms with van der Waals surface area (Å²) in [7, 11) is 0. The van der Waals surface area contributed by atoms with Gasteiger partial charge in [0.15, 0.2) is 0 Å². The highest BCUT2D eigenvalue weighted by Crippen LogP contribution is 2.23. The van der Waals surface area contributed by atoms with E-state index in [9.17, 15) is 4.79 Å². The molecule has 3 rings (SSSR count). The van der Waals surface area contributed by atoms with E-state index >= 15 is 0 Å². The number of carbonyl (C=O) groups is 1. The van der Waals surface area contributed by atoms with Gasteiger partial charge in [0.1, 0.15) is 5.82 Å². The topological polar surface area (TPSA) is 49.0 Å². The molecule has 0 aliphatic heterocycles. The van der Waals surface area contributed by atoms with Crippen LogP contribution in [0.5, 0.6) is 0 Å². The van der Waals surface area contributed by atoms with Crippen molar-refractivity contribution in [3.8, 4) is 11.4 Å². The van der Waals surface area contributed by atoms with Crippen molar-refractivity contribution < 1.29 is 4.79 Å². The Hall–Kier alpha value is -2.40. The van der Waals surface area contributed by atoms with Gasteiger partial charge in [0.05, 0.1) is 6.54 Å². The van der Waals surface area contributed by atoms with Crippen LogP contribution in [0.3, 0.4) is 0 Å². The maximum Gasteiger partial charge on any atom is 0.254 e. The third kappa shape index (κ3) is 3.82. The molecule has 5 heteroatoms. The number of thiophene rings is 1. The summed E-state index contributed by atoms with van der Waals surface area (Å²) >= 11 is 1.71. The van der Waals surface area contributed by atoms with Gasteiger partial charge in [0, 0.05) is 34.4 Å². The van der Waals surface area contributed by atoms with E-state index in [0.29, 0.717) is 12.1 Å². The van der Waals surface area contributed by atoms with Crippen molar-refractivity contribution in [3.63, 3.8) is 0 Å². The second kappa shape index (κ2) is 7.66. The average Bonchev–Trinajstić information content (AvgIpc) is 3.30. The summed E-state index contributed by atoms with van der Waals surface area (Å²) in [5.74, 6) is 0.842. The highest BCUT2D eigenvalue weighted by Gasteiger charge is 2.22. The number of hydrogen-bond donors (Lipinski definition) is 1. The second-order valence-corrected chi connectivity index (χ2v) is 7.24. The Morgan fingerprint density at radius 1 is 1.36 bits per heavy atom. The molecule has 4 nitrogen and oxygen atoms in total. The predicted molar refractivity (Wildman–Crippen MR) is 103 cm³/mol. The fourth-order valence-corrected chi connectivity index (χ4v) is 3.66. The first-order valence-electron chi connectivity index (χ1n) is 8.54. The highest BCUT2D eigenvalue weighted by molar-refractivity contribution is 7.10. The Morgan fingerprint density at radius 3 is 2.84 bits per heavy atom. The molecule has 3 aromatic rings. The van der Waals surface area contributed by atoms with Gasteiger partial charge in [-0.3, -0.25) is 4.79 Å². The molecule has 0 bridgehead atoms. The average molecular weight is 353 g/mol. The number of benzene rings is 1. The van der Waals surface area contributed by atoms with Crippen molar-refractivity contribution in [2.75, 3.05) is 0 Å². The van der Waals surface area contributed by atoms with Crippen LogP contribution in [0.1, 0.15) is 41.1 Å². The number of carbonyl (C=O) groups excluding carboxylic acids is 1. The van der Waals surface area contributed by atoms with Crippen LogP contribution < -0.4 is 0 Å². The van der Waals surface area contributed by atoms with Gasteiger partial charge in [-0.1, -0.05) is 19.1 Å². The van der Waals surface area contributed by atoms with E-state index in [1.165, 1.54) is 10.4 Å². The third-order valence-electron chi connectivity index (χ3n) is 4.55. The number of nitrogens with one attached hydrogen (secondary N) is 1. The standard InChI is InChI=1S/C20H23N3OS/c1-4-15(3)23(13-18-14(2)8-11-25-18)20(24)17-7-5-6-16(12-17)19-21-9-10-22-19/h5-12,15H,4,13H2,1-3H3,(H,21,22). The van der Waals surface area contributed by atoms with Crippen LogP contribution in [0.25, 0.3) is 11.4 Å². The van der Waals surface area contributed by atoms with Crippen LogP contribution in [-0.4, -0.2) is 26.8 Å². The minimum atomic E-state index is 0.0653. The van der Waals surface area contributed by atoms with E-state index in [-0.39, 0.29) is 11.9 Å². The number of aromatic amines is 1. The molecule has 1 amide bonds. The fraction of sp³-hybridized carbons (Fsp3) is 0.300. The first-order valence-corrected chi connectivity index (χ1v) is 9.42. The van der Waals surface area contributed by atoms with Gasteiger partial charge in [0.25, 0.3) is 5.91 Å². The minimum Gasteiger partial charge on any atom is -0.345 e. The monoisotopic (exact) mass is 353 g/mol. The van der Waals surface area contributed by atoms with E-state index in [4.69, 9.17) is 0 Å². The molecule has 1 atom stereocenters. The first-order chi connectivity index (χ1) is 12.1. The number of imidazole rings is 1. The zero-order valence-corrected chi connectivity index (χ0v) is 15.6. The van der Waals surface area contributed by atoms with Gasteiger partial charge in [0.2, 0.25) is 0 Å². The summed E-state index contributed by atoms with van der Waals surface area (Å²) in [5.41, 5.74) is 2.87. The van der Waals surface area contributed by atoms with Gasteiger partial charge >= 0.3 is 0 Å². The van der Waals surface area contributed by atoms with Crippen LogP contribution in [0, 0.1) is 6.92 Å². The Bertz CT molecular complexity index is 838. The normalized spacial score (nSPS) is 12.1. The van der Waals surface area contributed by atoms with E-state index in [0.717, 1.165) is 17.8 Å². The summed E-state index contributed by atoms with van der Waals surface area (Å²) < 4.78 is 0. The molecular formula is C20H23N3OS. The number of aromatic nitrogens is 2. The van der Waals surface area contributed by atoms with Gasteiger partial charge in [-0.15, -0.1) is 11.3 Å². The van der Waals surface area contributed by atoms with Crippen molar-refractivity contribution in [1.29, 1.82) is 0 Å². The van der Waals surface area contributed by atoms with Gasteiger partial charge < -0.3 is 9.88 Å². The Morgan fingerprint density at radius 2 is 2.20 bits per heavy atom. The molecule has 2 heterocycles. The fourth-order valence-electron chi connectivity index (χ4n) is 2.76. The number of hydrogen-bond acceptors (Lipinski definition) is 3. The summed E-state index contributed by atoms with van der Waals surface area (Å²) in [4.78, 5) is 23.8. The molecule has 0 aliphatic carbocycles. The SMILES string of the molecule is CCC(C)N(Cc1sccc1C)C(=O)c1cccc(-c2ncc[nH]2)c1. The summed E-state index contributed by atoms with van der Waals surface area (Å²) in [6, 6.07) is 9.96.